The number of anilines is 2. The van der Waals surface area contributed by atoms with Gasteiger partial charge in [0.1, 0.15) is 5.82 Å². The molecule has 32 heavy (non-hydrogen) atoms. The van der Waals surface area contributed by atoms with E-state index >= 15 is 0 Å². The van der Waals surface area contributed by atoms with Gasteiger partial charge in [-0.25, -0.2) is 22.9 Å². The number of benzene rings is 1. The number of amides is 2. The Kier molecular flexibility index (Phi) is 5.49. The van der Waals surface area contributed by atoms with Gasteiger partial charge in [0, 0.05) is 55.9 Å². The number of rotatable bonds is 4. The predicted octanol–water partition coefficient (Wildman–Crippen LogP) is 2.23. The number of piperazine rings is 1. The molecule has 0 unspecified atom stereocenters. The number of hydrogen-bond acceptors (Lipinski definition) is 6. The molecule has 0 bridgehead atoms. The van der Waals surface area contributed by atoms with Crippen LogP contribution in [0.25, 0.3) is 10.9 Å². The molecule has 3 N–H and O–H groups in total. The highest BCUT2D eigenvalue weighted by Crippen LogP contribution is 2.38. The van der Waals surface area contributed by atoms with Gasteiger partial charge in [-0.2, -0.15) is 0 Å². The molecular formula is C22H32N6O3S. The molecule has 2 atom stereocenters. The molecule has 174 valence electrons. The lowest BCUT2D eigenvalue weighted by Crippen LogP contribution is -2.60. The summed E-state index contributed by atoms with van der Waals surface area (Å²) in [5, 5.41) is 0.836. The van der Waals surface area contributed by atoms with Gasteiger partial charge in [0.15, 0.2) is 0 Å². The van der Waals surface area contributed by atoms with Crippen LogP contribution in [0.1, 0.15) is 33.6 Å². The van der Waals surface area contributed by atoms with Crippen molar-refractivity contribution in [3.8, 4) is 0 Å². The third-order valence-electron chi connectivity index (χ3n) is 6.33. The number of fused-ring (bicyclic) bond motifs is 1. The van der Waals surface area contributed by atoms with Crippen molar-refractivity contribution in [2.75, 3.05) is 37.8 Å². The zero-order valence-electron chi connectivity index (χ0n) is 19.3. The number of nitrogens with zero attached hydrogens (tertiary/aromatic N) is 4. The number of sulfonamides is 1. The fourth-order valence-corrected chi connectivity index (χ4v) is 5.93. The van der Waals surface area contributed by atoms with Gasteiger partial charge in [-0.3, -0.25) is 0 Å². The minimum atomic E-state index is -3.71. The molecule has 4 rings (SSSR count). The normalized spacial score (nSPS) is 22.8. The van der Waals surface area contributed by atoms with Gasteiger partial charge in [0.05, 0.1) is 10.4 Å². The SMILES string of the molecule is C[C@H]1CN(c2cc(S(=O)(=O)NC3(C)CC3)cc3nc(N)ccc23)C[C@H](C)N1C(=O)N(C)C. The lowest BCUT2D eigenvalue weighted by molar-refractivity contribution is 0.120. The monoisotopic (exact) mass is 460 g/mol. The van der Waals surface area contributed by atoms with Crippen molar-refractivity contribution in [3.63, 3.8) is 0 Å². The number of nitrogen functional groups attached to an aromatic ring is 1. The maximum absolute atomic E-state index is 13.1. The van der Waals surface area contributed by atoms with Crippen LogP contribution in [-0.4, -0.2) is 74.0 Å². The van der Waals surface area contributed by atoms with Crippen LogP contribution < -0.4 is 15.4 Å². The number of carbonyl (C=O) groups excluding carboxylic acids is 1. The van der Waals surface area contributed by atoms with Crippen LogP contribution in [0.2, 0.25) is 0 Å². The number of pyridine rings is 1. The lowest BCUT2D eigenvalue weighted by Gasteiger charge is -2.46. The quantitative estimate of drug-likeness (QED) is 0.724. The Morgan fingerprint density at radius 1 is 1.19 bits per heavy atom. The van der Waals surface area contributed by atoms with Crippen molar-refractivity contribution in [2.24, 2.45) is 0 Å². The van der Waals surface area contributed by atoms with Crippen LogP contribution in [0, 0.1) is 0 Å². The fraction of sp³-hybridized carbons (Fsp3) is 0.545. The van der Waals surface area contributed by atoms with Gasteiger partial charge in [-0.1, -0.05) is 0 Å². The molecule has 1 aliphatic carbocycles. The Bertz CT molecular complexity index is 1150. The fourth-order valence-electron chi connectivity index (χ4n) is 4.42. The van der Waals surface area contributed by atoms with Gasteiger partial charge < -0.3 is 20.4 Å². The van der Waals surface area contributed by atoms with Gasteiger partial charge in [0.2, 0.25) is 10.0 Å². The van der Waals surface area contributed by atoms with Crippen molar-refractivity contribution in [2.45, 2.75) is 56.1 Å². The maximum Gasteiger partial charge on any atom is 0.320 e. The van der Waals surface area contributed by atoms with E-state index in [1.54, 1.807) is 37.2 Å². The Hall–Kier alpha value is -2.59. The Labute approximate surface area is 189 Å². The minimum Gasteiger partial charge on any atom is -0.384 e. The molecule has 0 spiro atoms. The van der Waals surface area contributed by atoms with Crippen LogP contribution >= 0.6 is 0 Å². The van der Waals surface area contributed by atoms with Crippen molar-refractivity contribution in [3.05, 3.63) is 24.3 Å². The maximum atomic E-state index is 13.1. The Balaban J connectivity index is 1.76. The summed E-state index contributed by atoms with van der Waals surface area (Å²) in [6.45, 7) is 7.10. The third-order valence-corrected chi connectivity index (χ3v) is 7.95. The molecule has 1 aliphatic heterocycles. The summed E-state index contributed by atoms with van der Waals surface area (Å²) in [4.78, 5) is 22.9. The third kappa shape index (κ3) is 4.21. The summed E-state index contributed by atoms with van der Waals surface area (Å²) in [6.07, 6.45) is 1.66. The number of urea groups is 1. The highest BCUT2D eigenvalue weighted by Gasteiger charge is 2.41. The molecule has 2 heterocycles. The largest absolute Gasteiger partial charge is 0.384 e. The van der Waals surface area contributed by atoms with E-state index in [1.165, 1.54) is 0 Å². The first-order valence-electron chi connectivity index (χ1n) is 10.9. The zero-order valence-corrected chi connectivity index (χ0v) is 20.1. The first kappa shape index (κ1) is 22.6. The number of hydrogen-bond donors (Lipinski definition) is 2. The van der Waals surface area contributed by atoms with Crippen LogP contribution in [0.15, 0.2) is 29.2 Å². The van der Waals surface area contributed by atoms with Crippen LogP contribution in [0.4, 0.5) is 16.3 Å². The number of aromatic nitrogens is 1. The number of carbonyl (C=O) groups is 1. The molecule has 2 amide bonds. The van der Waals surface area contributed by atoms with Crippen LogP contribution in [0.5, 0.6) is 0 Å². The molecule has 1 saturated carbocycles. The van der Waals surface area contributed by atoms with Crippen LogP contribution in [0.3, 0.4) is 0 Å². The van der Waals surface area contributed by atoms with E-state index in [0.29, 0.717) is 24.4 Å². The predicted molar refractivity (Wildman–Crippen MR) is 126 cm³/mol. The summed E-state index contributed by atoms with van der Waals surface area (Å²) in [5.74, 6) is 0.336. The van der Waals surface area contributed by atoms with E-state index in [4.69, 9.17) is 5.73 Å². The molecule has 0 radical (unpaired) electrons. The summed E-state index contributed by atoms with van der Waals surface area (Å²) >= 11 is 0. The summed E-state index contributed by atoms with van der Waals surface area (Å²) in [5.41, 5.74) is 6.85. The first-order valence-corrected chi connectivity index (χ1v) is 12.4. The lowest BCUT2D eigenvalue weighted by atomic mass is 10.1. The highest BCUT2D eigenvalue weighted by atomic mass is 32.2. The van der Waals surface area contributed by atoms with Crippen molar-refractivity contribution >= 4 is 38.5 Å². The Morgan fingerprint density at radius 2 is 1.81 bits per heavy atom. The molecule has 1 aromatic heterocycles. The minimum absolute atomic E-state index is 0.0258. The molecule has 9 nitrogen and oxygen atoms in total. The van der Waals surface area contributed by atoms with E-state index in [1.807, 2.05) is 31.7 Å². The summed E-state index contributed by atoms with van der Waals surface area (Å²) < 4.78 is 29.1. The average Bonchev–Trinajstić information content (AvgIpc) is 3.41. The molecule has 1 aromatic carbocycles. The van der Waals surface area contributed by atoms with E-state index in [0.717, 1.165) is 23.9 Å². The molecular weight excluding hydrogens is 428 g/mol. The first-order chi connectivity index (χ1) is 14.9. The van der Waals surface area contributed by atoms with Gasteiger partial charge in [-0.15, -0.1) is 0 Å². The zero-order chi connectivity index (χ0) is 23.4. The molecule has 10 heteroatoms. The number of nitrogens with one attached hydrogen (secondary N) is 1. The van der Waals surface area contributed by atoms with Crippen molar-refractivity contribution < 1.29 is 13.2 Å². The second kappa shape index (κ2) is 7.77. The summed E-state index contributed by atoms with van der Waals surface area (Å²) in [6, 6.07) is 6.79. The van der Waals surface area contributed by atoms with Gasteiger partial charge in [0.25, 0.3) is 0 Å². The number of nitrogens with two attached hydrogens (primary N) is 1. The standard InChI is InChI=1S/C22H32N6O3S/c1-14-12-27(13-15(2)28(14)21(29)26(4)5)19-11-16(32(30,31)25-22(3)8-9-22)10-18-17(19)6-7-20(23)24-18/h6-7,10-11,14-15,25H,8-9,12-13H2,1-5H3,(H2,23,24)/t14-,15-/m0/s1. The van der Waals surface area contributed by atoms with Gasteiger partial charge in [-0.05, 0) is 57.9 Å². The smallest absolute Gasteiger partial charge is 0.320 e. The van der Waals surface area contributed by atoms with Gasteiger partial charge >= 0.3 is 6.03 Å². The van der Waals surface area contributed by atoms with Crippen molar-refractivity contribution in [1.82, 2.24) is 19.5 Å². The van der Waals surface area contributed by atoms with Crippen molar-refractivity contribution in [1.29, 1.82) is 0 Å². The second-order valence-corrected chi connectivity index (χ2v) is 11.3. The van der Waals surface area contributed by atoms with E-state index < -0.39 is 10.0 Å². The van der Waals surface area contributed by atoms with E-state index in [-0.39, 0.29) is 28.5 Å². The molecule has 2 aliphatic rings. The molecule has 2 fully saturated rings. The molecule has 2 aromatic rings. The Morgan fingerprint density at radius 3 is 2.38 bits per heavy atom. The highest BCUT2D eigenvalue weighted by molar-refractivity contribution is 7.89. The van der Waals surface area contributed by atoms with E-state index in [9.17, 15) is 13.2 Å². The van der Waals surface area contributed by atoms with Crippen LogP contribution in [-0.2, 0) is 10.0 Å². The summed E-state index contributed by atoms with van der Waals surface area (Å²) in [7, 11) is -0.213. The second-order valence-electron chi connectivity index (χ2n) is 9.60. The average molecular weight is 461 g/mol. The molecule has 1 saturated heterocycles. The van der Waals surface area contributed by atoms with E-state index in [2.05, 4.69) is 14.6 Å². The topological polar surface area (TPSA) is 112 Å².